The van der Waals surface area contributed by atoms with Gasteiger partial charge >= 0.3 is 0 Å². The average Bonchev–Trinajstić information content (AvgIpc) is 2.81. The van der Waals surface area contributed by atoms with Crippen LogP contribution in [0.25, 0.3) is 5.78 Å². The minimum absolute atomic E-state index is 0.146. The van der Waals surface area contributed by atoms with E-state index in [-0.39, 0.29) is 28.3 Å². The first-order valence-corrected chi connectivity index (χ1v) is 6.54. The van der Waals surface area contributed by atoms with Gasteiger partial charge < -0.3 is 10.0 Å². The fraction of sp³-hybridized carbons (Fsp3) is 0.455. The zero-order chi connectivity index (χ0) is 13.4. The van der Waals surface area contributed by atoms with Crippen molar-refractivity contribution in [1.82, 2.24) is 24.5 Å². The van der Waals surface area contributed by atoms with Crippen LogP contribution in [0.1, 0.15) is 29.6 Å². The smallest absolute Gasteiger partial charge is 0.260 e. The Morgan fingerprint density at radius 1 is 1.32 bits per heavy atom. The molecule has 3 heterocycles. The van der Waals surface area contributed by atoms with E-state index in [2.05, 4.69) is 27.7 Å². The van der Waals surface area contributed by atoms with Crippen molar-refractivity contribution in [3.8, 4) is 5.88 Å². The molecule has 100 valence electrons. The van der Waals surface area contributed by atoms with E-state index in [1.54, 1.807) is 4.90 Å². The Bertz CT molecular complexity index is 635. The molecule has 0 aromatic carbocycles. The fourth-order valence-corrected chi connectivity index (χ4v) is 2.41. The Hall–Kier alpha value is -1.83. The quantitative estimate of drug-likeness (QED) is 0.752. The van der Waals surface area contributed by atoms with Crippen LogP contribution < -0.4 is 0 Å². The number of amides is 1. The summed E-state index contributed by atoms with van der Waals surface area (Å²) in [6.45, 7) is 1.43. The molecule has 2 aromatic heterocycles. The number of thiol groups is 1. The van der Waals surface area contributed by atoms with E-state index >= 15 is 0 Å². The van der Waals surface area contributed by atoms with E-state index in [1.165, 1.54) is 6.20 Å². The summed E-state index contributed by atoms with van der Waals surface area (Å²) in [6, 6.07) is 0. The van der Waals surface area contributed by atoms with Gasteiger partial charge in [-0.25, -0.2) is 4.98 Å². The number of likely N-dealkylation sites (tertiary alicyclic amines) is 1. The van der Waals surface area contributed by atoms with E-state index < -0.39 is 0 Å². The van der Waals surface area contributed by atoms with Gasteiger partial charge in [0.1, 0.15) is 5.56 Å². The zero-order valence-corrected chi connectivity index (χ0v) is 11.0. The van der Waals surface area contributed by atoms with E-state index in [1.807, 2.05) is 0 Å². The third-order valence-electron chi connectivity index (χ3n) is 3.20. The highest BCUT2D eigenvalue weighted by molar-refractivity contribution is 7.80. The van der Waals surface area contributed by atoms with Gasteiger partial charge in [-0.05, 0) is 19.3 Å². The van der Waals surface area contributed by atoms with Gasteiger partial charge in [0.25, 0.3) is 11.7 Å². The first-order chi connectivity index (χ1) is 9.16. The van der Waals surface area contributed by atoms with Crippen molar-refractivity contribution in [2.24, 2.45) is 0 Å². The van der Waals surface area contributed by atoms with Crippen molar-refractivity contribution in [2.75, 3.05) is 13.1 Å². The summed E-state index contributed by atoms with van der Waals surface area (Å²) < 4.78 is 1.12. The molecular formula is C11H13N5O2S. The first-order valence-electron chi connectivity index (χ1n) is 6.10. The van der Waals surface area contributed by atoms with E-state index in [4.69, 9.17) is 0 Å². The summed E-state index contributed by atoms with van der Waals surface area (Å²) in [5.41, 5.74) is 0.146. The largest absolute Gasteiger partial charge is 0.493 e. The van der Waals surface area contributed by atoms with Crippen LogP contribution in [0.15, 0.2) is 11.4 Å². The Kier molecular flexibility index (Phi) is 3.02. The molecule has 0 radical (unpaired) electrons. The van der Waals surface area contributed by atoms with Gasteiger partial charge in [-0.3, -0.25) is 4.79 Å². The number of hydrogen-bond acceptors (Lipinski definition) is 6. The Balaban J connectivity index is 1.99. The van der Waals surface area contributed by atoms with Crippen LogP contribution in [0.4, 0.5) is 0 Å². The van der Waals surface area contributed by atoms with Crippen molar-refractivity contribution in [2.45, 2.75) is 24.4 Å². The molecule has 0 bridgehead atoms. The van der Waals surface area contributed by atoms with Gasteiger partial charge in [0, 0.05) is 19.3 Å². The lowest BCUT2D eigenvalue weighted by atomic mass is 10.1. The monoisotopic (exact) mass is 279 g/mol. The van der Waals surface area contributed by atoms with Crippen molar-refractivity contribution >= 4 is 24.3 Å². The van der Waals surface area contributed by atoms with Gasteiger partial charge in [-0.15, -0.1) is 17.7 Å². The van der Waals surface area contributed by atoms with E-state index in [0.29, 0.717) is 13.1 Å². The number of hydrogen-bond donors (Lipinski definition) is 2. The molecule has 1 aliphatic rings. The van der Waals surface area contributed by atoms with Crippen LogP contribution in [0.5, 0.6) is 5.88 Å². The second-order valence-electron chi connectivity index (χ2n) is 4.47. The van der Waals surface area contributed by atoms with Gasteiger partial charge in [-0.2, -0.15) is 9.50 Å². The summed E-state index contributed by atoms with van der Waals surface area (Å²) in [7, 11) is 0. The molecule has 0 aliphatic carbocycles. The molecule has 0 saturated carbocycles. The molecule has 7 nitrogen and oxygen atoms in total. The summed E-state index contributed by atoms with van der Waals surface area (Å²) >= 11 is 3.99. The highest BCUT2D eigenvalue weighted by atomic mass is 32.1. The molecular weight excluding hydrogens is 266 g/mol. The van der Waals surface area contributed by atoms with Crippen LogP contribution in [-0.2, 0) is 0 Å². The lowest BCUT2D eigenvalue weighted by Gasteiger charge is -2.26. The Morgan fingerprint density at radius 2 is 2.05 bits per heavy atom. The first kappa shape index (κ1) is 12.2. The van der Waals surface area contributed by atoms with Crippen LogP contribution in [-0.4, -0.2) is 48.6 Å². The topological polar surface area (TPSA) is 83.6 Å². The second-order valence-corrected chi connectivity index (χ2v) is 4.87. The number of rotatable bonds is 1. The van der Waals surface area contributed by atoms with Crippen LogP contribution in [0.3, 0.4) is 0 Å². The molecule has 1 fully saturated rings. The van der Waals surface area contributed by atoms with Crippen LogP contribution in [0, 0.1) is 0 Å². The summed E-state index contributed by atoms with van der Waals surface area (Å²) in [4.78, 5) is 22.0. The van der Waals surface area contributed by atoms with Crippen molar-refractivity contribution < 1.29 is 9.90 Å². The number of carbonyl (C=O) groups is 1. The van der Waals surface area contributed by atoms with Crippen LogP contribution in [0.2, 0.25) is 0 Å². The standard InChI is InChI=1S/C11H13N5O2S/c17-8(15-4-2-1-3-5-15)7-6-12-10-13-11(19)14-16(10)9(7)18/h6,18H,1-5H2,(H,14,19). The summed E-state index contributed by atoms with van der Waals surface area (Å²) in [5.74, 6) is -0.242. The summed E-state index contributed by atoms with van der Waals surface area (Å²) in [6.07, 6.45) is 4.46. The maximum Gasteiger partial charge on any atom is 0.260 e. The highest BCUT2D eigenvalue weighted by Crippen LogP contribution is 2.21. The maximum absolute atomic E-state index is 12.3. The molecule has 8 heteroatoms. The molecule has 19 heavy (non-hydrogen) atoms. The molecule has 1 aliphatic heterocycles. The van der Waals surface area contributed by atoms with Gasteiger partial charge in [0.2, 0.25) is 11.0 Å². The number of aromatic nitrogens is 4. The van der Waals surface area contributed by atoms with Crippen molar-refractivity contribution in [3.63, 3.8) is 0 Å². The second kappa shape index (κ2) is 4.69. The normalized spacial score (nSPS) is 15.9. The number of carbonyl (C=O) groups excluding carboxylic acids is 1. The SMILES string of the molecule is O=C(c1cnc2nc(S)nn2c1O)N1CCCCC1. The van der Waals surface area contributed by atoms with E-state index in [9.17, 15) is 9.90 Å². The minimum Gasteiger partial charge on any atom is -0.493 e. The number of nitrogens with zero attached hydrogens (tertiary/aromatic N) is 5. The zero-order valence-electron chi connectivity index (χ0n) is 10.2. The molecule has 1 amide bonds. The number of piperidine rings is 1. The lowest BCUT2D eigenvalue weighted by molar-refractivity contribution is 0.0719. The molecule has 2 aromatic rings. The third-order valence-corrected chi connectivity index (χ3v) is 3.39. The predicted octanol–water partition coefficient (Wildman–Crippen LogP) is 0.745. The van der Waals surface area contributed by atoms with E-state index in [0.717, 1.165) is 23.8 Å². The van der Waals surface area contributed by atoms with Crippen molar-refractivity contribution in [3.05, 3.63) is 11.8 Å². The molecule has 3 rings (SSSR count). The summed E-state index contributed by atoms with van der Waals surface area (Å²) in [5, 5.41) is 14.2. The molecule has 0 unspecified atom stereocenters. The van der Waals surface area contributed by atoms with Gasteiger partial charge in [0.15, 0.2) is 0 Å². The number of aromatic hydroxyl groups is 1. The highest BCUT2D eigenvalue weighted by Gasteiger charge is 2.23. The van der Waals surface area contributed by atoms with Crippen LogP contribution >= 0.6 is 12.6 Å². The molecule has 0 atom stereocenters. The Labute approximate surface area is 114 Å². The predicted molar refractivity (Wildman–Crippen MR) is 69.5 cm³/mol. The lowest BCUT2D eigenvalue weighted by Crippen LogP contribution is -2.35. The third kappa shape index (κ3) is 2.12. The van der Waals surface area contributed by atoms with Gasteiger partial charge in [0.05, 0.1) is 0 Å². The fourth-order valence-electron chi connectivity index (χ4n) is 2.23. The maximum atomic E-state index is 12.3. The average molecular weight is 279 g/mol. The molecule has 0 spiro atoms. The van der Waals surface area contributed by atoms with Gasteiger partial charge in [-0.1, -0.05) is 0 Å². The Morgan fingerprint density at radius 3 is 2.79 bits per heavy atom. The molecule has 1 saturated heterocycles. The minimum atomic E-state index is -0.242. The molecule has 1 N–H and O–H groups in total. The number of fused-ring (bicyclic) bond motifs is 1. The van der Waals surface area contributed by atoms with Crippen molar-refractivity contribution in [1.29, 1.82) is 0 Å².